The first-order chi connectivity index (χ1) is 7.07. The van der Waals surface area contributed by atoms with E-state index in [0.29, 0.717) is 5.69 Å². The minimum atomic E-state index is -3.51. The zero-order chi connectivity index (χ0) is 11.1. The largest absolute Gasteiger partial charge is 0.268 e. The zero-order valence-corrected chi connectivity index (χ0v) is 9.59. The maximum Gasteiger partial charge on any atom is 0.268 e. The van der Waals surface area contributed by atoms with E-state index >= 15 is 0 Å². The molecule has 1 heterocycles. The molecule has 1 aromatic carbocycles. The third kappa shape index (κ3) is 1.52. The summed E-state index contributed by atoms with van der Waals surface area (Å²) in [6.07, 6.45) is 0. The van der Waals surface area contributed by atoms with Crippen molar-refractivity contribution in [2.75, 3.05) is 6.54 Å². The highest BCUT2D eigenvalue weighted by molar-refractivity contribution is 7.90. The Hall–Kier alpha value is -1.07. The van der Waals surface area contributed by atoms with Crippen LogP contribution < -0.4 is 0 Å². The van der Waals surface area contributed by atoms with Crippen LogP contribution in [0.3, 0.4) is 0 Å². The number of sulfonamides is 1. The fourth-order valence-corrected chi connectivity index (χ4v) is 3.37. The third-order valence-electron chi connectivity index (χ3n) is 2.14. The van der Waals surface area contributed by atoms with E-state index in [2.05, 4.69) is 4.99 Å². The molecule has 2 rings (SSSR count). The van der Waals surface area contributed by atoms with Crippen molar-refractivity contribution in [3.63, 3.8) is 0 Å². The van der Waals surface area contributed by atoms with E-state index in [-0.39, 0.29) is 16.7 Å². The van der Waals surface area contributed by atoms with Crippen LogP contribution in [-0.4, -0.2) is 24.6 Å². The van der Waals surface area contributed by atoms with Gasteiger partial charge in [-0.1, -0.05) is 12.1 Å². The number of nitrogens with zero attached hydrogens (tertiary/aromatic N) is 2. The second-order valence-electron chi connectivity index (χ2n) is 3.02. The van der Waals surface area contributed by atoms with Crippen molar-refractivity contribution in [2.24, 2.45) is 4.99 Å². The van der Waals surface area contributed by atoms with Crippen molar-refractivity contribution in [1.29, 1.82) is 0 Å². The topological polar surface area (TPSA) is 49.7 Å². The molecule has 0 atom stereocenters. The van der Waals surface area contributed by atoms with Gasteiger partial charge in [-0.2, -0.15) is 0 Å². The summed E-state index contributed by atoms with van der Waals surface area (Å²) in [5, 5.41) is -0.00352. The maximum atomic E-state index is 12.0. The van der Waals surface area contributed by atoms with E-state index in [1.54, 1.807) is 25.1 Å². The van der Waals surface area contributed by atoms with Crippen LogP contribution in [0.1, 0.15) is 6.92 Å². The van der Waals surface area contributed by atoms with Gasteiger partial charge in [0.2, 0.25) is 5.29 Å². The third-order valence-corrected chi connectivity index (χ3v) is 4.44. The maximum absolute atomic E-state index is 12.0. The van der Waals surface area contributed by atoms with Gasteiger partial charge in [-0.3, -0.25) is 0 Å². The Bertz CT molecular complexity index is 525. The Balaban J connectivity index is 2.72. The molecule has 0 aromatic heterocycles. The molecule has 1 aromatic rings. The van der Waals surface area contributed by atoms with Crippen LogP contribution >= 0.6 is 11.6 Å². The van der Waals surface area contributed by atoms with Gasteiger partial charge in [-0.05, 0) is 30.7 Å². The first-order valence-electron chi connectivity index (χ1n) is 4.43. The minimum absolute atomic E-state index is 0.00352. The average molecular weight is 245 g/mol. The lowest BCUT2D eigenvalue weighted by Crippen LogP contribution is -2.36. The molecule has 1 aliphatic rings. The summed E-state index contributed by atoms with van der Waals surface area (Å²) in [5.74, 6) is 0. The molecular weight excluding hydrogens is 236 g/mol. The second kappa shape index (κ2) is 3.50. The van der Waals surface area contributed by atoms with Crippen LogP contribution in [0, 0.1) is 0 Å². The molecule has 6 heteroatoms. The zero-order valence-electron chi connectivity index (χ0n) is 8.01. The van der Waals surface area contributed by atoms with Gasteiger partial charge in [0.25, 0.3) is 10.0 Å². The Morgan fingerprint density at radius 1 is 1.40 bits per heavy atom. The number of fused-ring (bicyclic) bond motifs is 1. The SMILES string of the molecule is CCN1C(Cl)=Nc2ccccc2S1(=O)=O. The fraction of sp³-hybridized carbons (Fsp3) is 0.222. The molecule has 0 saturated heterocycles. The molecule has 0 unspecified atom stereocenters. The number of amidine groups is 1. The molecule has 0 aliphatic carbocycles. The molecule has 0 N–H and O–H groups in total. The summed E-state index contributed by atoms with van der Waals surface area (Å²) in [4.78, 5) is 4.23. The molecule has 4 nitrogen and oxygen atoms in total. The molecule has 0 saturated carbocycles. The van der Waals surface area contributed by atoms with Gasteiger partial charge in [0, 0.05) is 6.54 Å². The van der Waals surface area contributed by atoms with Gasteiger partial charge in [0.15, 0.2) is 0 Å². The van der Waals surface area contributed by atoms with E-state index in [1.807, 2.05) is 0 Å². The van der Waals surface area contributed by atoms with Gasteiger partial charge in [0.05, 0.1) is 5.69 Å². The lowest BCUT2D eigenvalue weighted by atomic mass is 10.3. The minimum Gasteiger partial charge on any atom is -0.240 e. The number of hydrogen-bond acceptors (Lipinski definition) is 3. The summed E-state index contributed by atoms with van der Waals surface area (Å²) in [5.41, 5.74) is 0.396. The first-order valence-corrected chi connectivity index (χ1v) is 6.25. The van der Waals surface area contributed by atoms with Gasteiger partial charge < -0.3 is 0 Å². The second-order valence-corrected chi connectivity index (χ2v) is 5.19. The van der Waals surface area contributed by atoms with Gasteiger partial charge in [-0.15, -0.1) is 0 Å². The van der Waals surface area contributed by atoms with Crippen molar-refractivity contribution in [2.45, 2.75) is 11.8 Å². The molecule has 0 spiro atoms. The lowest BCUT2D eigenvalue weighted by Gasteiger charge is -2.25. The van der Waals surface area contributed by atoms with Crippen LogP contribution in [-0.2, 0) is 10.0 Å². The smallest absolute Gasteiger partial charge is 0.240 e. The predicted octanol–water partition coefficient (Wildman–Crippen LogP) is 1.94. The predicted molar refractivity (Wildman–Crippen MR) is 59.0 cm³/mol. The summed E-state index contributed by atoms with van der Waals surface area (Å²) in [7, 11) is -3.51. The molecule has 15 heavy (non-hydrogen) atoms. The molecule has 80 valence electrons. The Morgan fingerprint density at radius 3 is 2.73 bits per heavy atom. The Kier molecular flexibility index (Phi) is 2.44. The highest BCUT2D eigenvalue weighted by atomic mass is 35.5. The van der Waals surface area contributed by atoms with E-state index in [0.717, 1.165) is 4.31 Å². The van der Waals surface area contributed by atoms with Gasteiger partial charge in [-0.25, -0.2) is 17.7 Å². The summed E-state index contributed by atoms with van der Waals surface area (Å²) >= 11 is 5.79. The quantitative estimate of drug-likeness (QED) is 0.709. The highest BCUT2D eigenvalue weighted by Gasteiger charge is 2.31. The van der Waals surface area contributed by atoms with Gasteiger partial charge >= 0.3 is 0 Å². The molecule has 1 aliphatic heterocycles. The van der Waals surface area contributed by atoms with Crippen molar-refractivity contribution >= 4 is 32.6 Å². The van der Waals surface area contributed by atoms with Crippen LogP contribution in [0.25, 0.3) is 0 Å². The molecule has 0 bridgehead atoms. The molecule has 0 fully saturated rings. The summed E-state index contributed by atoms with van der Waals surface area (Å²) in [6, 6.07) is 6.55. The fourth-order valence-electron chi connectivity index (χ4n) is 1.44. The van der Waals surface area contributed by atoms with Crippen molar-refractivity contribution in [3.05, 3.63) is 24.3 Å². The normalized spacial score (nSPS) is 18.3. The monoisotopic (exact) mass is 244 g/mol. The van der Waals surface area contributed by atoms with E-state index in [9.17, 15) is 8.42 Å². The number of halogens is 1. The lowest BCUT2D eigenvalue weighted by molar-refractivity contribution is 0.532. The van der Waals surface area contributed by atoms with Crippen LogP contribution in [0.5, 0.6) is 0 Å². The van der Waals surface area contributed by atoms with Crippen molar-refractivity contribution in [3.8, 4) is 0 Å². The van der Waals surface area contributed by atoms with Gasteiger partial charge in [0.1, 0.15) is 4.90 Å². The number of benzene rings is 1. The highest BCUT2D eigenvalue weighted by Crippen LogP contribution is 2.32. The molecule has 0 radical (unpaired) electrons. The van der Waals surface area contributed by atoms with Crippen molar-refractivity contribution in [1.82, 2.24) is 4.31 Å². The summed E-state index contributed by atoms with van der Waals surface area (Å²) in [6.45, 7) is 1.99. The van der Waals surface area contributed by atoms with E-state index < -0.39 is 10.0 Å². The standard InChI is InChI=1S/C9H9ClN2O2S/c1-2-12-9(10)11-7-5-3-4-6-8(7)15(12,13)14/h3-6H,2H2,1H3. The Morgan fingerprint density at radius 2 is 2.07 bits per heavy atom. The molecule has 0 amide bonds. The van der Waals surface area contributed by atoms with E-state index in [4.69, 9.17) is 11.6 Å². The van der Waals surface area contributed by atoms with Crippen LogP contribution in [0.15, 0.2) is 34.2 Å². The average Bonchev–Trinajstić information content (AvgIpc) is 2.17. The first kappa shape index (κ1) is 10.4. The van der Waals surface area contributed by atoms with Crippen LogP contribution in [0.4, 0.5) is 5.69 Å². The van der Waals surface area contributed by atoms with Crippen molar-refractivity contribution < 1.29 is 8.42 Å². The number of aliphatic imine (C=N–C) groups is 1. The number of para-hydroxylation sites is 1. The van der Waals surface area contributed by atoms with Crippen LogP contribution in [0.2, 0.25) is 0 Å². The summed E-state index contributed by atoms with van der Waals surface area (Å²) < 4.78 is 25.1. The van der Waals surface area contributed by atoms with E-state index in [1.165, 1.54) is 6.07 Å². The Labute approximate surface area is 93.2 Å². The number of rotatable bonds is 1. The molecular formula is C9H9ClN2O2S. The number of hydrogen-bond donors (Lipinski definition) is 0.